The molecule has 1 unspecified atom stereocenters. The summed E-state index contributed by atoms with van der Waals surface area (Å²) in [6.07, 6.45) is 0. The normalized spacial score (nSPS) is 16.0. The Morgan fingerprint density at radius 1 is 1.27 bits per heavy atom. The van der Waals surface area contributed by atoms with E-state index in [9.17, 15) is 10.1 Å². The van der Waals surface area contributed by atoms with Crippen LogP contribution >= 0.6 is 11.6 Å². The molecular formula is C23H21ClN2O4. The first-order chi connectivity index (χ1) is 14.4. The zero-order chi connectivity index (χ0) is 21.7. The molecular weight excluding hydrogens is 404 g/mol. The van der Waals surface area contributed by atoms with Crippen molar-refractivity contribution in [2.75, 3.05) is 6.61 Å². The van der Waals surface area contributed by atoms with Gasteiger partial charge in [-0.15, -0.1) is 0 Å². The molecule has 3 rings (SSSR count). The number of nitrogens with two attached hydrogens (primary N) is 1. The highest BCUT2D eigenvalue weighted by Gasteiger charge is 2.36. The van der Waals surface area contributed by atoms with Crippen LogP contribution < -0.4 is 10.5 Å². The average molecular weight is 425 g/mol. The molecule has 154 valence electrons. The van der Waals surface area contributed by atoms with Crippen LogP contribution in [0.4, 0.5) is 0 Å². The van der Waals surface area contributed by atoms with Gasteiger partial charge >= 0.3 is 5.97 Å². The fourth-order valence-electron chi connectivity index (χ4n) is 3.24. The van der Waals surface area contributed by atoms with Crippen LogP contribution in [0.5, 0.6) is 5.75 Å². The predicted molar refractivity (Wildman–Crippen MR) is 112 cm³/mol. The molecule has 0 radical (unpaired) electrons. The molecule has 0 bridgehead atoms. The molecule has 0 saturated carbocycles. The number of esters is 1. The molecule has 2 aromatic carbocycles. The third kappa shape index (κ3) is 4.58. The van der Waals surface area contributed by atoms with E-state index in [2.05, 4.69) is 6.07 Å². The van der Waals surface area contributed by atoms with E-state index in [-0.39, 0.29) is 23.6 Å². The lowest BCUT2D eigenvalue weighted by Crippen LogP contribution is -2.25. The Kier molecular flexibility index (Phi) is 6.65. The van der Waals surface area contributed by atoms with Gasteiger partial charge in [0, 0.05) is 5.02 Å². The second-order valence-corrected chi connectivity index (χ2v) is 7.04. The Bertz CT molecular complexity index is 1050. The summed E-state index contributed by atoms with van der Waals surface area (Å²) in [6.45, 7) is 3.91. The number of hydrogen-bond donors (Lipinski definition) is 1. The summed E-state index contributed by atoms with van der Waals surface area (Å²) in [5.41, 5.74) is 7.98. The van der Waals surface area contributed by atoms with Gasteiger partial charge in [0.15, 0.2) is 0 Å². The number of hydrogen-bond acceptors (Lipinski definition) is 6. The van der Waals surface area contributed by atoms with Gasteiger partial charge in [-0.2, -0.15) is 5.26 Å². The van der Waals surface area contributed by atoms with Gasteiger partial charge in [0.05, 0.1) is 18.1 Å². The highest BCUT2D eigenvalue weighted by molar-refractivity contribution is 6.30. The van der Waals surface area contributed by atoms with E-state index in [0.717, 1.165) is 5.56 Å². The number of rotatable bonds is 6. The molecule has 0 fully saturated rings. The summed E-state index contributed by atoms with van der Waals surface area (Å²) in [6, 6.07) is 16.6. The van der Waals surface area contributed by atoms with E-state index in [1.165, 1.54) is 0 Å². The first-order valence-electron chi connectivity index (χ1n) is 9.37. The van der Waals surface area contributed by atoms with Gasteiger partial charge in [0.25, 0.3) is 0 Å². The van der Waals surface area contributed by atoms with Gasteiger partial charge < -0.3 is 19.9 Å². The standard InChI is InChI=1S/C23H21ClN2O4/c1-3-28-23(27)20-14(2)30-22(26)19(12-25)21(20)16-7-9-18(10-8-16)29-13-15-5-4-6-17(24)11-15/h4-11,21H,3,13,26H2,1-2H3. The maximum absolute atomic E-state index is 12.5. The van der Waals surface area contributed by atoms with Crippen molar-refractivity contribution in [1.82, 2.24) is 0 Å². The Balaban J connectivity index is 1.86. The average Bonchev–Trinajstić information content (AvgIpc) is 2.72. The minimum Gasteiger partial charge on any atom is -0.489 e. The topological polar surface area (TPSA) is 94.6 Å². The van der Waals surface area contributed by atoms with Crippen molar-refractivity contribution in [3.05, 3.63) is 87.5 Å². The number of halogens is 1. The van der Waals surface area contributed by atoms with Crippen LogP contribution in [0, 0.1) is 11.3 Å². The maximum Gasteiger partial charge on any atom is 0.338 e. The quantitative estimate of drug-likeness (QED) is 0.683. The number of nitrogens with zero attached hydrogens (tertiary/aromatic N) is 1. The van der Waals surface area contributed by atoms with Crippen molar-refractivity contribution in [2.24, 2.45) is 5.73 Å². The first-order valence-corrected chi connectivity index (χ1v) is 9.75. The molecule has 1 heterocycles. The Morgan fingerprint density at radius 2 is 2.00 bits per heavy atom. The van der Waals surface area contributed by atoms with Crippen molar-refractivity contribution >= 4 is 17.6 Å². The van der Waals surface area contributed by atoms with Crippen LogP contribution in [0.25, 0.3) is 0 Å². The number of carbonyl (C=O) groups is 1. The number of benzene rings is 2. The van der Waals surface area contributed by atoms with Crippen LogP contribution in [0.3, 0.4) is 0 Å². The molecule has 0 spiro atoms. The third-order valence-electron chi connectivity index (χ3n) is 4.61. The maximum atomic E-state index is 12.5. The highest BCUT2D eigenvalue weighted by atomic mass is 35.5. The Morgan fingerprint density at radius 3 is 2.63 bits per heavy atom. The zero-order valence-corrected chi connectivity index (χ0v) is 17.4. The summed E-state index contributed by atoms with van der Waals surface area (Å²) >= 11 is 6.00. The Labute approximate surface area is 180 Å². The molecule has 2 N–H and O–H groups in total. The number of allylic oxidation sites excluding steroid dienone is 2. The molecule has 0 aromatic heterocycles. The lowest BCUT2D eigenvalue weighted by Gasteiger charge is -2.26. The predicted octanol–water partition coefficient (Wildman–Crippen LogP) is 4.56. The molecule has 2 aromatic rings. The van der Waals surface area contributed by atoms with Gasteiger partial charge in [-0.1, -0.05) is 35.9 Å². The lowest BCUT2D eigenvalue weighted by atomic mass is 9.83. The summed E-state index contributed by atoms with van der Waals surface area (Å²) < 4.78 is 16.4. The van der Waals surface area contributed by atoms with E-state index in [1.807, 2.05) is 18.2 Å². The van der Waals surface area contributed by atoms with E-state index in [0.29, 0.717) is 28.7 Å². The van der Waals surface area contributed by atoms with E-state index in [4.69, 9.17) is 31.5 Å². The molecule has 0 aliphatic carbocycles. The smallest absolute Gasteiger partial charge is 0.338 e. The van der Waals surface area contributed by atoms with Crippen molar-refractivity contribution in [3.63, 3.8) is 0 Å². The Hall–Kier alpha value is -3.43. The molecule has 6 nitrogen and oxygen atoms in total. The largest absolute Gasteiger partial charge is 0.489 e. The summed E-state index contributed by atoms with van der Waals surface area (Å²) in [4.78, 5) is 12.5. The van der Waals surface area contributed by atoms with Gasteiger partial charge in [-0.3, -0.25) is 0 Å². The molecule has 1 aliphatic rings. The first kappa shape index (κ1) is 21.3. The van der Waals surface area contributed by atoms with E-state index in [1.54, 1.807) is 44.2 Å². The van der Waals surface area contributed by atoms with Crippen LogP contribution in [0.2, 0.25) is 5.02 Å². The minimum atomic E-state index is -0.676. The fraction of sp³-hybridized carbons (Fsp3) is 0.217. The molecule has 0 saturated heterocycles. The van der Waals surface area contributed by atoms with Crippen LogP contribution in [0.15, 0.2) is 71.3 Å². The third-order valence-corrected chi connectivity index (χ3v) is 4.84. The molecule has 30 heavy (non-hydrogen) atoms. The van der Waals surface area contributed by atoms with Crippen molar-refractivity contribution in [3.8, 4) is 11.8 Å². The zero-order valence-electron chi connectivity index (χ0n) is 16.6. The lowest BCUT2D eigenvalue weighted by molar-refractivity contribution is -0.139. The molecule has 1 atom stereocenters. The van der Waals surface area contributed by atoms with Crippen molar-refractivity contribution in [2.45, 2.75) is 26.4 Å². The van der Waals surface area contributed by atoms with Crippen molar-refractivity contribution < 1.29 is 19.0 Å². The van der Waals surface area contributed by atoms with Crippen LogP contribution in [-0.2, 0) is 20.9 Å². The highest BCUT2D eigenvalue weighted by Crippen LogP contribution is 2.40. The van der Waals surface area contributed by atoms with Gasteiger partial charge in [0.2, 0.25) is 5.88 Å². The fourth-order valence-corrected chi connectivity index (χ4v) is 3.45. The number of nitriles is 1. The molecule has 0 amide bonds. The minimum absolute atomic E-state index is 0.0191. The number of ether oxygens (including phenoxy) is 3. The molecule has 7 heteroatoms. The van der Waals surface area contributed by atoms with E-state index < -0.39 is 11.9 Å². The van der Waals surface area contributed by atoms with Crippen LogP contribution in [0.1, 0.15) is 30.9 Å². The monoisotopic (exact) mass is 424 g/mol. The SMILES string of the molecule is CCOC(=O)C1=C(C)OC(N)=C(C#N)C1c1ccc(OCc2cccc(Cl)c2)cc1. The van der Waals surface area contributed by atoms with Crippen molar-refractivity contribution in [1.29, 1.82) is 5.26 Å². The van der Waals surface area contributed by atoms with Gasteiger partial charge in [0.1, 0.15) is 29.8 Å². The second kappa shape index (κ2) is 9.38. The van der Waals surface area contributed by atoms with Crippen LogP contribution in [-0.4, -0.2) is 12.6 Å². The summed E-state index contributed by atoms with van der Waals surface area (Å²) in [5.74, 6) is -0.281. The van der Waals surface area contributed by atoms with E-state index >= 15 is 0 Å². The molecule has 1 aliphatic heterocycles. The van der Waals surface area contributed by atoms with Gasteiger partial charge in [-0.25, -0.2) is 4.79 Å². The summed E-state index contributed by atoms with van der Waals surface area (Å²) in [5, 5.41) is 10.3. The summed E-state index contributed by atoms with van der Waals surface area (Å²) in [7, 11) is 0. The van der Waals surface area contributed by atoms with Gasteiger partial charge in [-0.05, 0) is 49.2 Å². The second-order valence-electron chi connectivity index (χ2n) is 6.60. The number of carbonyl (C=O) groups excluding carboxylic acids is 1.